The van der Waals surface area contributed by atoms with Crippen LogP contribution in [0.5, 0.6) is 0 Å². The van der Waals surface area contributed by atoms with Gasteiger partial charge in [-0.25, -0.2) is 14.2 Å². The van der Waals surface area contributed by atoms with Crippen molar-refractivity contribution in [3.63, 3.8) is 0 Å². The molecule has 0 spiro atoms. The Morgan fingerprint density at radius 3 is 2.58 bits per heavy atom. The fraction of sp³-hybridized carbons (Fsp3) is 0.316. The SMILES string of the molecule is CCCc1nc2sc(C)c(-c3ccc(F)cc3)c2c(=O)n1C(C)C(=O)O. The van der Waals surface area contributed by atoms with Crippen LogP contribution in [-0.4, -0.2) is 20.6 Å². The van der Waals surface area contributed by atoms with Crippen LogP contribution in [0.15, 0.2) is 29.1 Å². The lowest BCUT2D eigenvalue weighted by atomic mass is 10.0. The second-order valence-electron chi connectivity index (χ2n) is 6.19. The van der Waals surface area contributed by atoms with E-state index in [1.807, 2.05) is 13.8 Å². The number of aryl methyl sites for hydroxylation is 2. The molecule has 2 heterocycles. The van der Waals surface area contributed by atoms with E-state index in [1.54, 1.807) is 12.1 Å². The third kappa shape index (κ3) is 3.03. The molecule has 0 aliphatic heterocycles. The fourth-order valence-electron chi connectivity index (χ4n) is 3.09. The van der Waals surface area contributed by atoms with Gasteiger partial charge < -0.3 is 5.11 Å². The molecule has 5 nitrogen and oxygen atoms in total. The van der Waals surface area contributed by atoms with Crippen LogP contribution in [-0.2, 0) is 11.2 Å². The average molecular weight is 374 g/mol. The first-order chi connectivity index (χ1) is 12.3. The number of carboxylic acids is 1. The van der Waals surface area contributed by atoms with Crippen LogP contribution in [0.2, 0.25) is 0 Å². The number of aliphatic carboxylic acids is 1. The molecule has 0 saturated heterocycles. The number of hydrogen-bond acceptors (Lipinski definition) is 4. The minimum atomic E-state index is -1.08. The van der Waals surface area contributed by atoms with Crippen molar-refractivity contribution in [1.82, 2.24) is 9.55 Å². The van der Waals surface area contributed by atoms with E-state index in [4.69, 9.17) is 0 Å². The monoisotopic (exact) mass is 374 g/mol. The van der Waals surface area contributed by atoms with Crippen molar-refractivity contribution in [3.05, 3.63) is 51.1 Å². The summed E-state index contributed by atoms with van der Waals surface area (Å²) in [4.78, 5) is 30.8. The molecule has 136 valence electrons. The number of benzene rings is 1. The van der Waals surface area contributed by atoms with Gasteiger partial charge in [0.2, 0.25) is 0 Å². The zero-order chi connectivity index (χ0) is 19.0. The first kappa shape index (κ1) is 18.3. The van der Waals surface area contributed by atoms with Crippen LogP contribution in [0.3, 0.4) is 0 Å². The van der Waals surface area contributed by atoms with E-state index in [9.17, 15) is 19.1 Å². The van der Waals surface area contributed by atoms with Gasteiger partial charge >= 0.3 is 5.97 Å². The summed E-state index contributed by atoms with van der Waals surface area (Å²) in [5.74, 6) is -0.959. The molecule has 3 aromatic rings. The number of carbonyl (C=O) groups is 1. The molecule has 1 N–H and O–H groups in total. The van der Waals surface area contributed by atoms with Crippen LogP contribution >= 0.6 is 11.3 Å². The van der Waals surface area contributed by atoms with Gasteiger partial charge in [0.05, 0.1) is 5.39 Å². The van der Waals surface area contributed by atoms with Crippen molar-refractivity contribution in [2.75, 3.05) is 0 Å². The van der Waals surface area contributed by atoms with Crippen LogP contribution < -0.4 is 5.56 Å². The fourth-order valence-corrected chi connectivity index (χ4v) is 4.14. The third-order valence-corrected chi connectivity index (χ3v) is 5.36. The molecule has 3 rings (SSSR count). The summed E-state index contributed by atoms with van der Waals surface area (Å²) in [6.45, 7) is 5.32. The van der Waals surface area contributed by atoms with Gasteiger partial charge in [-0.15, -0.1) is 11.3 Å². The lowest BCUT2D eigenvalue weighted by Crippen LogP contribution is -2.31. The highest BCUT2D eigenvalue weighted by atomic mass is 32.1. The molecule has 0 radical (unpaired) electrons. The molecule has 0 saturated carbocycles. The van der Waals surface area contributed by atoms with Crippen LogP contribution in [0.1, 0.15) is 37.0 Å². The Balaban J connectivity index is 2.37. The first-order valence-corrected chi connectivity index (χ1v) is 9.20. The lowest BCUT2D eigenvalue weighted by molar-refractivity contribution is -0.140. The minimum absolute atomic E-state index is 0.355. The highest BCUT2D eigenvalue weighted by molar-refractivity contribution is 7.19. The molecule has 1 unspecified atom stereocenters. The molecule has 1 atom stereocenters. The Hall–Kier alpha value is -2.54. The number of thiophene rings is 1. The number of aromatic nitrogens is 2. The summed E-state index contributed by atoms with van der Waals surface area (Å²) >= 11 is 1.40. The van der Waals surface area contributed by atoms with Crippen molar-refractivity contribution < 1.29 is 14.3 Å². The smallest absolute Gasteiger partial charge is 0.326 e. The average Bonchev–Trinajstić information content (AvgIpc) is 2.92. The maximum atomic E-state index is 13.3. The largest absolute Gasteiger partial charge is 0.480 e. The number of halogens is 1. The molecule has 0 amide bonds. The molecule has 26 heavy (non-hydrogen) atoms. The number of hydrogen-bond donors (Lipinski definition) is 1. The van der Waals surface area contributed by atoms with Gasteiger partial charge in [-0.3, -0.25) is 9.36 Å². The van der Waals surface area contributed by atoms with Gasteiger partial charge in [0.25, 0.3) is 5.56 Å². The van der Waals surface area contributed by atoms with Gasteiger partial charge in [0, 0.05) is 16.9 Å². The number of carboxylic acid groups (broad SMARTS) is 1. The molecule has 0 fully saturated rings. The lowest BCUT2D eigenvalue weighted by Gasteiger charge is -2.16. The van der Waals surface area contributed by atoms with Crippen molar-refractivity contribution in [1.29, 1.82) is 0 Å². The molecule has 1 aromatic carbocycles. The Bertz CT molecular complexity index is 1040. The number of nitrogens with zero attached hydrogens (tertiary/aromatic N) is 2. The van der Waals surface area contributed by atoms with Gasteiger partial charge in [-0.2, -0.15) is 0 Å². The molecule has 7 heteroatoms. The van der Waals surface area contributed by atoms with Crippen molar-refractivity contribution in [2.24, 2.45) is 0 Å². The van der Waals surface area contributed by atoms with Crippen molar-refractivity contribution >= 4 is 27.5 Å². The van der Waals surface area contributed by atoms with Gasteiger partial charge in [0.1, 0.15) is 22.5 Å². The Morgan fingerprint density at radius 2 is 2.00 bits per heavy atom. The Labute approximate surface area is 153 Å². The highest BCUT2D eigenvalue weighted by Crippen LogP contribution is 2.36. The quantitative estimate of drug-likeness (QED) is 0.727. The summed E-state index contributed by atoms with van der Waals surface area (Å²) in [6.07, 6.45) is 1.27. The molecule has 0 aliphatic carbocycles. The first-order valence-electron chi connectivity index (χ1n) is 8.38. The van der Waals surface area contributed by atoms with Gasteiger partial charge in [-0.05, 0) is 38.0 Å². The Morgan fingerprint density at radius 1 is 1.35 bits per heavy atom. The molecule has 2 aromatic heterocycles. The van der Waals surface area contributed by atoms with Crippen LogP contribution in [0, 0.1) is 12.7 Å². The van der Waals surface area contributed by atoms with E-state index in [0.717, 1.165) is 11.3 Å². The summed E-state index contributed by atoms with van der Waals surface area (Å²) < 4.78 is 14.5. The maximum absolute atomic E-state index is 13.3. The van der Waals surface area contributed by atoms with Crippen molar-refractivity contribution in [2.45, 2.75) is 39.7 Å². The second-order valence-corrected chi connectivity index (χ2v) is 7.39. The summed E-state index contributed by atoms with van der Waals surface area (Å²) in [7, 11) is 0. The summed E-state index contributed by atoms with van der Waals surface area (Å²) in [5, 5.41) is 9.82. The van der Waals surface area contributed by atoms with Gasteiger partial charge in [-0.1, -0.05) is 19.1 Å². The van der Waals surface area contributed by atoms with Gasteiger partial charge in [0.15, 0.2) is 0 Å². The summed E-state index contributed by atoms with van der Waals surface area (Å²) in [6, 6.07) is 4.91. The normalized spacial score (nSPS) is 12.5. The molecule has 0 aliphatic rings. The summed E-state index contributed by atoms with van der Waals surface area (Å²) in [5.41, 5.74) is 1.04. The highest BCUT2D eigenvalue weighted by Gasteiger charge is 2.24. The number of fused-ring (bicyclic) bond motifs is 1. The van der Waals surface area contributed by atoms with E-state index < -0.39 is 12.0 Å². The number of rotatable bonds is 5. The Kier molecular flexibility index (Phi) is 4.91. The molecule has 0 bridgehead atoms. The predicted octanol–water partition coefficient (Wildman–Crippen LogP) is 4.17. The van der Waals surface area contributed by atoms with Crippen molar-refractivity contribution in [3.8, 4) is 11.1 Å². The molecular weight excluding hydrogens is 355 g/mol. The standard InChI is InChI=1S/C19H19FN2O3S/c1-4-5-14-21-17-16(18(23)22(14)10(2)19(24)25)15(11(3)26-17)12-6-8-13(20)9-7-12/h6-10H,4-5H2,1-3H3,(H,24,25). The second kappa shape index (κ2) is 6.99. The van der Waals surface area contributed by atoms with Crippen LogP contribution in [0.4, 0.5) is 4.39 Å². The topological polar surface area (TPSA) is 72.2 Å². The van der Waals surface area contributed by atoms with E-state index >= 15 is 0 Å². The van der Waals surface area contributed by atoms with E-state index in [-0.39, 0.29) is 11.4 Å². The van der Waals surface area contributed by atoms with E-state index in [0.29, 0.717) is 33.6 Å². The zero-order valence-corrected chi connectivity index (χ0v) is 15.6. The third-order valence-electron chi connectivity index (χ3n) is 4.36. The predicted molar refractivity (Wildman–Crippen MR) is 100 cm³/mol. The molecular formula is C19H19FN2O3S. The maximum Gasteiger partial charge on any atom is 0.326 e. The minimum Gasteiger partial charge on any atom is -0.480 e. The van der Waals surface area contributed by atoms with E-state index in [1.165, 1.54) is 35.0 Å². The zero-order valence-electron chi connectivity index (χ0n) is 14.7. The van der Waals surface area contributed by atoms with E-state index in [2.05, 4.69) is 4.98 Å². The van der Waals surface area contributed by atoms with Crippen LogP contribution in [0.25, 0.3) is 21.3 Å².